The van der Waals surface area contributed by atoms with E-state index in [4.69, 9.17) is 26.2 Å². The summed E-state index contributed by atoms with van der Waals surface area (Å²) in [5.74, 6) is -5.39. The fourth-order valence-corrected chi connectivity index (χ4v) is 1.82. The van der Waals surface area contributed by atoms with E-state index in [1.165, 1.54) is 7.11 Å². The van der Waals surface area contributed by atoms with Crippen molar-refractivity contribution in [2.45, 2.75) is 30.9 Å². The number of aliphatic carboxylic acids is 3. The number of hydrogen-bond donors (Lipinski definition) is 5. The van der Waals surface area contributed by atoms with Crippen molar-refractivity contribution in [3.8, 4) is 0 Å². The zero-order valence-corrected chi connectivity index (χ0v) is 14.0. The molecule has 0 bridgehead atoms. The number of rotatable bonds is 8. The van der Waals surface area contributed by atoms with E-state index in [-0.39, 0.29) is 5.97 Å². The first-order chi connectivity index (χ1) is 12.0. The Morgan fingerprint density at radius 2 is 1.50 bits per heavy atom. The van der Waals surface area contributed by atoms with Crippen LogP contribution in [0.25, 0.3) is 0 Å². The van der Waals surface area contributed by atoms with Gasteiger partial charge in [0, 0.05) is 0 Å². The minimum atomic E-state index is -2.74. The van der Waals surface area contributed by atoms with Crippen LogP contribution in [-0.4, -0.2) is 63.1 Å². The first-order valence-corrected chi connectivity index (χ1v) is 7.28. The average molecular weight is 371 g/mol. The second-order valence-electron chi connectivity index (χ2n) is 5.30. The highest BCUT2D eigenvalue weighted by Crippen LogP contribution is 2.15. The summed E-state index contributed by atoms with van der Waals surface area (Å²) in [5.41, 5.74) is 3.89. The third-order valence-corrected chi connectivity index (χ3v) is 3.09. The number of methoxy groups -OCH3 is 1. The number of carboxylic acid groups (broad SMARTS) is 3. The molecule has 0 spiro atoms. The molecule has 1 rings (SSSR count). The fraction of sp³-hybridized carbons (Fsp3) is 0.375. The molecule has 0 amide bonds. The highest BCUT2D eigenvalue weighted by Gasteiger charge is 2.40. The topological polar surface area (TPSA) is 184 Å². The van der Waals surface area contributed by atoms with Crippen LogP contribution < -0.4 is 5.73 Å². The van der Waals surface area contributed by atoms with Crippen LogP contribution in [0.2, 0.25) is 0 Å². The predicted octanol–water partition coefficient (Wildman–Crippen LogP) is -0.519. The summed E-state index contributed by atoms with van der Waals surface area (Å²) in [6.07, 6.45) is -1.77. The molecule has 1 aromatic carbocycles. The van der Waals surface area contributed by atoms with Crippen LogP contribution in [0, 0.1) is 0 Å². The maximum atomic E-state index is 11.0. The van der Waals surface area contributed by atoms with Crippen LogP contribution in [0.15, 0.2) is 30.3 Å². The lowest BCUT2D eigenvalue weighted by Crippen LogP contribution is -2.42. The molecule has 0 aliphatic rings. The minimum Gasteiger partial charge on any atom is -0.481 e. The quantitative estimate of drug-likeness (QED) is 0.372. The zero-order valence-electron chi connectivity index (χ0n) is 14.0. The van der Waals surface area contributed by atoms with E-state index in [0.29, 0.717) is 6.42 Å². The first kappa shape index (κ1) is 23.0. The van der Waals surface area contributed by atoms with Gasteiger partial charge in [-0.2, -0.15) is 0 Å². The number of carbonyl (C=O) groups is 4. The molecule has 26 heavy (non-hydrogen) atoms. The van der Waals surface area contributed by atoms with Gasteiger partial charge in [0.05, 0.1) is 20.0 Å². The van der Waals surface area contributed by atoms with Crippen LogP contribution in [0.1, 0.15) is 18.4 Å². The third kappa shape index (κ3) is 8.76. The fourth-order valence-electron chi connectivity index (χ4n) is 1.82. The van der Waals surface area contributed by atoms with Crippen molar-refractivity contribution < 1.29 is 44.3 Å². The van der Waals surface area contributed by atoms with Gasteiger partial charge < -0.3 is 30.9 Å². The van der Waals surface area contributed by atoms with Crippen molar-refractivity contribution in [1.82, 2.24) is 0 Å². The zero-order chi connectivity index (χ0) is 20.3. The molecule has 10 heteroatoms. The van der Waals surface area contributed by atoms with Gasteiger partial charge in [-0.25, -0.2) is 4.79 Å². The van der Waals surface area contributed by atoms with Crippen molar-refractivity contribution in [1.29, 1.82) is 0 Å². The number of carboxylic acids is 3. The van der Waals surface area contributed by atoms with Gasteiger partial charge in [0.15, 0.2) is 5.60 Å². The molecule has 0 saturated carbocycles. The Balaban J connectivity index is 0.000000481. The van der Waals surface area contributed by atoms with Gasteiger partial charge in [0.1, 0.15) is 6.04 Å². The van der Waals surface area contributed by atoms with Crippen LogP contribution in [-0.2, 0) is 30.3 Å². The third-order valence-electron chi connectivity index (χ3n) is 3.09. The van der Waals surface area contributed by atoms with Crippen LogP contribution in [0.3, 0.4) is 0 Å². The Bertz CT molecular complexity index is 614. The normalized spacial score (nSPS) is 11.5. The van der Waals surface area contributed by atoms with Gasteiger partial charge in [-0.1, -0.05) is 30.3 Å². The molecule has 0 unspecified atom stereocenters. The Kier molecular flexibility index (Phi) is 9.56. The molecule has 0 heterocycles. The lowest BCUT2D eigenvalue weighted by atomic mass is 9.96. The van der Waals surface area contributed by atoms with Crippen molar-refractivity contribution in [3.63, 3.8) is 0 Å². The Morgan fingerprint density at radius 3 is 1.85 bits per heavy atom. The van der Waals surface area contributed by atoms with Gasteiger partial charge in [0.2, 0.25) is 0 Å². The summed E-state index contributed by atoms with van der Waals surface area (Å²) in [7, 11) is 1.34. The second-order valence-corrected chi connectivity index (χ2v) is 5.30. The summed E-state index contributed by atoms with van der Waals surface area (Å²) >= 11 is 0. The monoisotopic (exact) mass is 371 g/mol. The summed E-state index contributed by atoms with van der Waals surface area (Å²) in [5, 5.41) is 33.8. The first-order valence-electron chi connectivity index (χ1n) is 7.28. The Labute approximate surface area is 148 Å². The smallest absolute Gasteiger partial charge is 0.336 e. The average Bonchev–Trinajstić information content (AvgIpc) is 2.53. The second kappa shape index (κ2) is 10.8. The molecule has 0 aromatic heterocycles. The van der Waals surface area contributed by atoms with E-state index in [9.17, 15) is 19.2 Å². The minimum absolute atomic E-state index is 0.371. The van der Waals surface area contributed by atoms with Gasteiger partial charge in [-0.05, 0) is 12.0 Å². The van der Waals surface area contributed by atoms with Gasteiger partial charge in [0.25, 0.3) is 0 Å². The van der Waals surface area contributed by atoms with E-state index in [0.717, 1.165) is 5.56 Å². The highest BCUT2D eigenvalue weighted by atomic mass is 16.5. The van der Waals surface area contributed by atoms with E-state index in [1.807, 2.05) is 30.3 Å². The number of aliphatic hydroxyl groups is 1. The molecule has 144 valence electrons. The van der Waals surface area contributed by atoms with Crippen molar-refractivity contribution in [3.05, 3.63) is 35.9 Å². The number of benzene rings is 1. The molecule has 0 radical (unpaired) electrons. The molecular weight excluding hydrogens is 350 g/mol. The van der Waals surface area contributed by atoms with Crippen molar-refractivity contribution in [2.75, 3.05) is 7.11 Å². The van der Waals surface area contributed by atoms with Crippen molar-refractivity contribution >= 4 is 23.9 Å². The Hall–Kier alpha value is -2.98. The number of nitrogens with two attached hydrogens (primary N) is 1. The van der Waals surface area contributed by atoms with Gasteiger partial charge >= 0.3 is 23.9 Å². The van der Waals surface area contributed by atoms with Gasteiger partial charge in [-0.3, -0.25) is 14.4 Å². The van der Waals surface area contributed by atoms with Crippen LogP contribution >= 0.6 is 0 Å². The molecule has 0 aliphatic carbocycles. The molecule has 6 N–H and O–H groups in total. The number of esters is 1. The van der Waals surface area contributed by atoms with E-state index in [1.54, 1.807) is 0 Å². The highest BCUT2D eigenvalue weighted by molar-refractivity contribution is 5.88. The lowest BCUT2D eigenvalue weighted by molar-refractivity contribution is -0.170. The number of hydrogen-bond acceptors (Lipinski definition) is 7. The molecule has 1 aromatic rings. The van der Waals surface area contributed by atoms with Crippen LogP contribution in [0.4, 0.5) is 0 Å². The molecule has 10 nitrogen and oxygen atoms in total. The molecule has 1 atom stereocenters. The number of carbonyl (C=O) groups excluding carboxylic acids is 1. The SMILES string of the molecule is COC(=O)[C@@H](N)Cc1ccccc1.O=C(O)CC(O)(CC(=O)O)C(=O)O. The van der Waals surface area contributed by atoms with E-state index >= 15 is 0 Å². The molecule has 0 aliphatic heterocycles. The summed E-state index contributed by atoms with van der Waals surface area (Å²) in [6.45, 7) is 0. The molecule has 0 fully saturated rings. The standard InChI is InChI=1S/C10H13NO2.C6H8O7/c1-13-10(12)9(11)7-8-5-3-2-4-6-8;7-3(8)1-6(13,5(11)12)2-4(9)10/h2-6,9H,7,11H2,1H3;13H,1-2H2,(H,7,8)(H,9,10)(H,11,12)/t9-;/m0./s1. The number of ether oxygens (including phenoxy) is 1. The largest absolute Gasteiger partial charge is 0.481 e. The van der Waals surface area contributed by atoms with E-state index < -0.39 is 42.4 Å². The molecular formula is C16H21NO9. The lowest BCUT2D eigenvalue weighted by Gasteiger charge is -2.18. The maximum Gasteiger partial charge on any atom is 0.336 e. The maximum absolute atomic E-state index is 11.0. The summed E-state index contributed by atoms with van der Waals surface area (Å²) in [4.78, 5) is 41.5. The van der Waals surface area contributed by atoms with Gasteiger partial charge in [-0.15, -0.1) is 0 Å². The summed E-state index contributed by atoms with van der Waals surface area (Å²) < 4.78 is 4.52. The Morgan fingerprint density at radius 1 is 1.04 bits per heavy atom. The van der Waals surface area contributed by atoms with Crippen LogP contribution in [0.5, 0.6) is 0 Å². The molecule has 0 saturated heterocycles. The summed E-state index contributed by atoms with van der Waals surface area (Å²) in [6, 6.07) is 9.06. The van der Waals surface area contributed by atoms with E-state index in [2.05, 4.69) is 4.74 Å². The van der Waals surface area contributed by atoms with Crippen molar-refractivity contribution in [2.24, 2.45) is 5.73 Å². The predicted molar refractivity (Wildman–Crippen MR) is 87.2 cm³/mol.